The van der Waals surface area contributed by atoms with Crippen LogP contribution in [0.1, 0.15) is 5.76 Å². The zero-order valence-corrected chi connectivity index (χ0v) is 11.5. The van der Waals surface area contributed by atoms with E-state index in [1.54, 1.807) is 29.1 Å². The predicted octanol–water partition coefficient (Wildman–Crippen LogP) is 1.74. The van der Waals surface area contributed by atoms with Gasteiger partial charge in [-0.25, -0.2) is 0 Å². The van der Waals surface area contributed by atoms with Crippen molar-refractivity contribution < 1.29 is 9.21 Å². The zero-order valence-electron chi connectivity index (χ0n) is 9.34. The second-order valence-electron chi connectivity index (χ2n) is 3.69. The average Bonchev–Trinajstić information content (AvgIpc) is 2.90. The minimum atomic E-state index is 0.000833. The van der Waals surface area contributed by atoms with Crippen LogP contribution in [0.5, 0.6) is 0 Å². The molecule has 90 valence electrons. The second-order valence-corrected chi connectivity index (χ2v) is 4.93. The van der Waals surface area contributed by atoms with Gasteiger partial charge in [-0.15, -0.1) is 0 Å². The smallest absolute Gasteiger partial charge is 0.244 e. The van der Waals surface area contributed by atoms with E-state index in [9.17, 15) is 4.79 Å². The first-order chi connectivity index (χ1) is 8.15. The maximum Gasteiger partial charge on any atom is 0.244 e. The van der Waals surface area contributed by atoms with Crippen LogP contribution in [0.4, 0.5) is 0 Å². The van der Waals surface area contributed by atoms with Gasteiger partial charge in [0.05, 0.1) is 22.6 Å². The SMILES string of the molecule is CN(Cc1ccco1)C(=O)Cn1cc(I)cn1. The van der Waals surface area contributed by atoms with Crippen molar-refractivity contribution >= 4 is 28.5 Å². The Labute approximate surface area is 113 Å². The molecular weight excluding hydrogens is 333 g/mol. The van der Waals surface area contributed by atoms with Crippen molar-refractivity contribution in [3.63, 3.8) is 0 Å². The van der Waals surface area contributed by atoms with Crippen LogP contribution >= 0.6 is 22.6 Å². The number of furan rings is 1. The summed E-state index contributed by atoms with van der Waals surface area (Å²) in [5.41, 5.74) is 0. The van der Waals surface area contributed by atoms with Crippen molar-refractivity contribution in [1.29, 1.82) is 0 Å². The molecule has 0 spiro atoms. The fourth-order valence-electron chi connectivity index (χ4n) is 1.41. The lowest BCUT2D eigenvalue weighted by atomic mass is 10.4. The number of amides is 1. The lowest BCUT2D eigenvalue weighted by Gasteiger charge is -2.15. The molecule has 0 radical (unpaired) electrons. The van der Waals surface area contributed by atoms with Crippen LogP contribution in [-0.4, -0.2) is 27.6 Å². The Morgan fingerprint density at radius 1 is 1.65 bits per heavy atom. The van der Waals surface area contributed by atoms with Crippen molar-refractivity contribution in [2.45, 2.75) is 13.1 Å². The van der Waals surface area contributed by atoms with Crippen LogP contribution in [-0.2, 0) is 17.9 Å². The van der Waals surface area contributed by atoms with E-state index in [2.05, 4.69) is 27.7 Å². The Morgan fingerprint density at radius 2 is 2.47 bits per heavy atom. The fraction of sp³-hybridized carbons (Fsp3) is 0.273. The van der Waals surface area contributed by atoms with Gasteiger partial charge in [0, 0.05) is 13.2 Å². The van der Waals surface area contributed by atoms with Gasteiger partial charge in [0.1, 0.15) is 12.3 Å². The van der Waals surface area contributed by atoms with Gasteiger partial charge in [-0.1, -0.05) is 0 Å². The molecule has 0 atom stereocenters. The van der Waals surface area contributed by atoms with E-state index >= 15 is 0 Å². The van der Waals surface area contributed by atoms with Gasteiger partial charge in [0.25, 0.3) is 0 Å². The molecule has 0 saturated carbocycles. The lowest BCUT2D eigenvalue weighted by molar-refractivity contribution is -0.131. The van der Waals surface area contributed by atoms with Crippen LogP contribution in [0.25, 0.3) is 0 Å². The Morgan fingerprint density at radius 3 is 3.06 bits per heavy atom. The molecule has 0 aliphatic rings. The third-order valence-corrected chi connectivity index (χ3v) is 2.85. The largest absolute Gasteiger partial charge is 0.467 e. The molecule has 6 heteroatoms. The molecule has 0 bridgehead atoms. The maximum absolute atomic E-state index is 11.9. The van der Waals surface area contributed by atoms with Crippen molar-refractivity contribution in [1.82, 2.24) is 14.7 Å². The van der Waals surface area contributed by atoms with Gasteiger partial charge in [-0.2, -0.15) is 5.10 Å². The lowest BCUT2D eigenvalue weighted by Crippen LogP contribution is -2.29. The number of likely N-dealkylation sites (N-methyl/N-ethyl adjacent to an activating group) is 1. The van der Waals surface area contributed by atoms with Gasteiger partial charge in [-0.3, -0.25) is 9.48 Å². The standard InChI is InChI=1S/C11H12IN3O2/c1-14(7-10-3-2-4-17-10)11(16)8-15-6-9(12)5-13-15/h2-6H,7-8H2,1H3. The summed E-state index contributed by atoms with van der Waals surface area (Å²) < 4.78 is 7.84. The van der Waals surface area contributed by atoms with Crippen molar-refractivity contribution in [2.75, 3.05) is 7.05 Å². The van der Waals surface area contributed by atoms with Gasteiger partial charge >= 0.3 is 0 Å². The van der Waals surface area contributed by atoms with E-state index in [-0.39, 0.29) is 12.5 Å². The second kappa shape index (κ2) is 5.35. The molecule has 17 heavy (non-hydrogen) atoms. The Bertz CT molecular complexity index is 493. The molecule has 0 fully saturated rings. The minimum absolute atomic E-state index is 0.000833. The molecule has 2 aromatic heterocycles. The monoisotopic (exact) mass is 345 g/mol. The summed E-state index contributed by atoms with van der Waals surface area (Å²) in [6, 6.07) is 3.66. The number of hydrogen-bond acceptors (Lipinski definition) is 3. The third kappa shape index (κ3) is 3.32. The van der Waals surface area contributed by atoms with Crippen LogP contribution in [0.3, 0.4) is 0 Å². The molecule has 0 aliphatic carbocycles. The normalized spacial score (nSPS) is 10.5. The number of rotatable bonds is 4. The fourth-order valence-corrected chi connectivity index (χ4v) is 1.85. The van der Waals surface area contributed by atoms with Crippen LogP contribution in [0, 0.1) is 3.57 Å². The summed E-state index contributed by atoms with van der Waals surface area (Å²) in [5.74, 6) is 0.775. The summed E-state index contributed by atoms with van der Waals surface area (Å²) in [4.78, 5) is 13.5. The predicted molar refractivity (Wildman–Crippen MR) is 70.1 cm³/mol. The van der Waals surface area contributed by atoms with E-state index in [4.69, 9.17) is 4.42 Å². The van der Waals surface area contributed by atoms with Gasteiger partial charge < -0.3 is 9.32 Å². The molecule has 2 heterocycles. The van der Waals surface area contributed by atoms with Crippen LogP contribution in [0.15, 0.2) is 35.2 Å². The van der Waals surface area contributed by atoms with Crippen LogP contribution in [0.2, 0.25) is 0 Å². The van der Waals surface area contributed by atoms with E-state index in [1.165, 1.54) is 0 Å². The van der Waals surface area contributed by atoms with E-state index in [1.807, 2.05) is 18.3 Å². The number of carbonyl (C=O) groups is 1. The zero-order chi connectivity index (χ0) is 12.3. The Kier molecular flexibility index (Phi) is 3.82. The number of hydrogen-bond donors (Lipinski definition) is 0. The summed E-state index contributed by atoms with van der Waals surface area (Å²) >= 11 is 2.16. The average molecular weight is 345 g/mol. The summed E-state index contributed by atoms with van der Waals surface area (Å²) in [5, 5.41) is 4.07. The molecular formula is C11H12IN3O2. The first-order valence-electron chi connectivity index (χ1n) is 5.09. The Balaban J connectivity index is 1.91. The number of carbonyl (C=O) groups excluding carboxylic acids is 1. The van der Waals surface area contributed by atoms with Gasteiger partial charge in [-0.05, 0) is 34.7 Å². The molecule has 5 nitrogen and oxygen atoms in total. The quantitative estimate of drug-likeness (QED) is 0.794. The summed E-state index contributed by atoms with van der Waals surface area (Å²) in [6.07, 6.45) is 5.16. The summed E-state index contributed by atoms with van der Waals surface area (Å²) in [7, 11) is 1.75. The Hall–Kier alpha value is -1.31. The minimum Gasteiger partial charge on any atom is -0.467 e. The van der Waals surface area contributed by atoms with E-state index < -0.39 is 0 Å². The van der Waals surface area contributed by atoms with Crippen molar-refractivity contribution in [3.05, 3.63) is 40.1 Å². The molecule has 0 saturated heterocycles. The molecule has 2 rings (SSSR count). The highest BCUT2D eigenvalue weighted by molar-refractivity contribution is 14.1. The van der Waals surface area contributed by atoms with Gasteiger partial charge in [0.2, 0.25) is 5.91 Å². The molecule has 2 aromatic rings. The first-order valence-corrected chi connectivity index (χ1v) is 6.17. The molecule has 0 aliphatic heterocycles. The third-order valence-electron chi connectivity index (χ3n) is 2.30. The highest BCUT2D eigenvalue weighted by Gasteiger charge is 2.11. The van der Waals surface area contributed by atoms with Gasteiger partial charge in [0.15, 0.2) is 0 Å². The topological polar surface area (TPSA) is 51.3 Å². The van der Waals surface area contributed by atoms with Crippen molar-refractivity contribution in [2.24, 2.45) is 0 Å². The number of nitrogens with zero attached hydrogens (tertiary/aromatic N) is 3. The molecule has 0 aromatic carbocycles. The van der Waals surface area contributed by atoms with E-state index in [0.29, 0.717) is 6.54 Å². The highest BCUT2D eigenvalue weighted by Crippen LogP contribution is 2.05. The number of halogens is 1. The number of aromatic nitrogens is 2. The first kappa shape index (κ1) is 12.2. The summed E-state index contributed by atoms with van der Waals surface area (Å²) in [6.45, 7) is 0.727. The molecule has 1 amide bonds. The highest BCUT2D eigenvalue weighted by atomic mass is 127. The molecule has 0 N–H and O–H groups in total. The van der Waals surface area contributed by atoms with Crippen molar-refractivity contribution in [3.8, 4) is 0 Å². The molecule has 0 unspecified atom stereocenters. The maximum atomic E-state index is 11.9. The van der Waals surface area contributed by atoms with Crippen LogP contribution < -0.4 is 0 Å². The van der Waals surface area contributed by atoms with E-state index in [0.717, 1.165) is 9.33 Å².